The van der Waals surface area contributed by atoms with Crippen molar-refractivity contribution >= 4 is 13.8 Å². The number of ether oxygens (including phenoxy) is 3. The summed E-state index contributed by atoms with van der Waals surface area (Å²) in [5.74, 6) is -0.331. The van der Waals surface area contributed by atoms with Gasteiger partial charge in [0.05, 0.1) is 24.6 Å². The van der Waals surface area contributed by atoms with E-state index in [1.54, 1.807) is 0 Å². The number of carbonyl (C=O) groups excluding carboxylic acids is 1. The molecule has 112 valence electrons. The van der Waals surface area contributed by atoms with Crippen molar-refractivity contribution in [1.82, 2.24) is 0 Å². The van der Waals surface area contributed by atoms with Gasteiger partial charge in [0.1, 0.15) is 20.1 Å². The van der Waals surface area contributed by atoms with E-state index in [-0.39, 0.29) is 29.9 Å². The maximum atomic E-state index is 12.4. The molecule has 2 saturated heterocycles. The number of hydrogen-bond acceptors (Lipinski definition) is 4. The van der Waals surface area contributed by atoms with Crippen LogP contribution < -0.4 is 0 Å². The molecule has 0 amide bonds. The highest BCUT2D eigenvalue weighted by molar-refractivity contribution is 6.11. The molecular formula is C16H21BO4. The summed E-state index contributed by atoms with van der Waals surface area (Å²) in [5, 5.41) is 0. The molecule has 0 saturated carbocycles. The van der Waals surface area contributed by atoms with E-state index in [0.717, 1.165) is 5.56 Å². The molecular weight excluding hydrogens is 267 g/mol. The lowest BCUT2D eigenvalue weighted by Crippen LogP contribution is -2.47. The number of hydrogen-bond donors (Lipinski definition) is 0. The molecule has 5 heteroatoms. The summed E-state index contributed by atoms with van der Waals surface area (Å²) in [6.07, 6.45) is 0.0920. The van der Waals surface area contributed by atoms with Crippen LogP contribution in [-0.2, 0) is 25.6 Å². The van der Waals surface area contributed by atoms with Gasteiger partial charge in [-0.15, -0.1) is 0 Å². The van der Waals surface area contributed by atoms with E-state index in [0.29, 0.717) is 13.2 Å². The predicted octanol–water partition coefficient (Wildman–Crippen LogP) is 1.13. The average molecular weight is 288 g/mol. The zero-order valence-electron chi connectivity index (χ0n) is 12.7. The second-order valence-corrected chi connectivity index (χ2v) is 6.16. The monoisotopic (exact) mass is 288 g/mol. The molecule has 2 bridgehead atoms. The quantitative estimate of drug-likeness (QED) is 0.615. The lowest BCUT2D eigenvalue weighted by molar-refractivity contribution is -0.174. The first-order chi connectivity index (χ1) is 10.0. The van der Waals surface area contributed by atoms with Crippen molar-refractivity contribution in [2.45, 2.75) is 38.2 Å². The summed E-state index contributed by atoms with van der Waals surface area (Å²) < 4.78 is 17.3. The Kier molecular flexibility index (Phi) is 3.80. The third kappa shape index (κ3) is 2.38. The first-order valence-electron chi connectivity index (χ1n) is 7.54. The normalized spacial score (nSPS) is 35.6. The van der Waals surface area contributed by atoms with E-state index in [1.807, 2.05) is 45.1 Å². The van der Waals surface area contributed by atoms with E-state index in [4.69, 9.17) is 14.2 Å². The largest absolute Gasteiger partial charge is 0.461 e. The van der Waals surface area contributed by atoms with Gasteiger partial charge in [-0.05, 0) is 12.5 Å². The molecule has 21 heavy (non-hydrogen) atoms. The number of esters is 1. The minimum Gasteiger partial charge on any atom is -0.461 e. The number of fused-ring (bicyclic) bond motifs is 2. The van der Waals surface area contributed by atoms with Crippen molar-refractivity contribution in [2.75, 3.05) is 6.61 Å². The van der Waals surface area contributed by atoms with Crippen LogP contribution in [0.25, 0.3) is 0 Å². The first-order valence-corrected chi connectivity index (χ1v) is 7.54. The van der Waals surface area contributed by atoms with Crippen molar-refractivity contribution in [3.8, 4) is 0 Å². The second-order valence-electron chi connectivity index (χ2n) is 6.16. The molecule has 2 fully saturated rings. The third-order valence-electron chi connectivity index (χ3n) is 4.94. The van der Waals surface area contributed by atoms with Crippen LogP contribution in [0.1, 0.15) is 19.4 Å². The van der Waals surface area contributed by atoms with Crippen molar-refractivity contribution < 1.29 is 19.0 Å². The van der Waals surface area contributed by atoms with Gasteiger partial charge in [0.15, 0.2) is 0 Å². The fourth-order valence-corrected chi connectivity index (χ4v) is 3.55. The number of carbonyl (C=O) groups is 1. The Morgan fingerprint density at radius 3 is 2.76 bits per heavy atom. The molecule has 3 rings (SSSR count). The molecule has 2 aliphatic heterocycles. The minimum atomic E-state index is -0.530. The first kappa shape index (κ1) is 14.6. The maximum Gasteiger partial charge on any atom is 0.312 e. The van der Waals surface area contributed by atoms with Crippen LogP contribution in [-0.4, -0.2) is 38.1 Å². The molecule has 0 aliphatic carbocycles. The highest BCUT2D eigenvalue weighted by Gasteiger charge is 2.61. The van der Waals surface area contributed by atoms with Gasteiger partial charge in [-0.1, -0.05) is 37.3 Å². The topological polar surface area (TPSA) is 44.8 Å². The van der Waals surface area contributed by atoms with Crippen molar-refractivity contribution in [3.05, 3.63) is 35.9 Å². The zero-order valence-corrected chi connectivity index (χ0v) is 12.7. The van der Waals surface area contributed by atoms with E-state index >= 15 is 0 Å². The lowest BCUT2D eigenvalue weighted by Gasteiger charge is -2.34. The Morgan fingerprint density at radius 2 is 2.19 bits per heavy atom. The molecule has 0 spiro atoms. The SMILES string of the molecule is B[C@@H]1O[C@@]2(C(C)C(=O)OCc3ccccc3)COC1C2C. The van der Waals surface area contributed by atoms with Gasteiger partial charge in [-0.25, -0.2) is 0 Å². The van der Waals surface area contributed by atoms with Gasteiger partial charge in [0.25, 0.3) is 0 Å². The van der Waals surface area contributed by atoms with Gasteiger partial charge in [0.2, 0.25) is 0 Å². The van der Waals surface area contributed by atoms with E-state index in [2.05, 4.69) is 6.92 Å². The third-order valence-corrected chi connectivity index (χ3v) is 4.94. The van der Waals surface area contributed by atoms with Crippen molar-refractivity contribution in [3.63, 3.8) is 0 Å². The maximum absolute atomic E-state index is 12.4. The summed E-state index contributed by atoms with van der Waals surface area (Å²) in [5.41, 5.74) is 0.461. The molecule has 2 aliphatic rings. The Hall–Kier alpha value is -1.33. The molecule has 1 aromatic rings. The number of rotatable bonds is 4. The zero-order chi connectivity index (χ0) is 15.0. The van der Waals surface area contributed by atoms with Crippen LogP contribution in [0.4, 0.5) is 0 Å². The summed E-state index contributed by atoms with van der Waals surface area (Å²) >= 11 is 0. The van der Waals surface area contributed by atoms with Crippen molar-refractivity contribution in [1.29, 1.82) is 0 Å². The predicted molar refractivity (Wildman–Crippen MR) is 80.5 cm³/mol. The van der Waals surface area contributed by atoms with Crippen molar-refractivity contribution in [2.24, 2.45) is 11.8 Å². The van der Waals surface area contributed by atoms with E-state index < -0.39 is 5.60 Å². The van der Waals surface area contributed by atoms with Crippen LogP contribution in [0.15, 0.2) is 30.3 Å². The van der Waals surface area contributed by atoms with E-state index in [9.17, 15) is 4.79 Å². The van der Waals surface area contributed by atoms with E-state index in [1.165, 1.54) is 0 Å². The Bertz CT molecular complexity index is 520. The van der Waals surface area contributed by atoms with Gasteiger partial charge < -0.3 is 14.2 Å². The Labute approximate surface area is 126 Å². The van der Waals surface area contributed by atoms with Gasteiger partial charge in [-0.3, -0.25) is 4.79 Å². The van der Waals surface area contributed by atoms with Crippen LogP contribution in [0.3, 0.4) is 0 Å². The lowest BCUT2D eigenvalue weighted by atomic mass is 9.79. The minimum absolute atomic E-state index is 0.0399. The summed E-state index contributed by atoms with van der Waals surface area (Å²) in [6, 6.07) is 9.75. The molecule has 4 nitrogen and oxygen atoms in total. The molecule has 5 atom stereocenters. The molecule has 0 N–H and O–H groups in total. The standard InChI is InChI=1S/C16H21BO4/c1-10-13-14(17)21-16(10,9-20-13)11(2)15(18)19-8-12-6-4-3-5-7-12/h3-7,10-11,13-14H,8-9,17H2,1-2H3/t10?,11?,13?,14-,16+/m1/s1. The molecule has 0 radical (unpaired) electrons. The Balaban J connectivity index is 1.65. The van der Waals surface area contributed by atoms with Crippen LogP contribution in [0.2, 0.25) is 0 Å². The Morgan fingerprint density at radius 1 is 1.48 bits per heavy atom. The molecule has 0 aromatic heterocycles. The summed E-state index contributed by atoms with van der Waals surface area (Å²) in [6.45, 7) is 4.76. The fraction of sp³-hybridized carbons (Fsp3) is 0.562. The van der Waals surface area contributed by atoms with Crippen LogP contribution >= 0.6 is 0 Å². The van der Waals surface area contributed by atoms with Gasteiger partial charge in [0, 0.05) is 5.92 Å². The second kappa shape index (κ2) is 5.46. The summed E-state index contributed by atoms with van der Waals surface area (Å²) in [4.78, 5) is 12.4. The number of benzene rings is 1. The average Bonchev–Trinajstić information content (AvgIpc) is 2.95. The molecule has 1 aromatic carbocycles. The highest BCUT2D eigenvalue weighted by atomic mass is 16.6. The van der Waals surface area contributed by atoms with Crippen LogP contribution in [0, 0.1) is 11.8 Å². The molecule has 2 heterocycles. The van der Waals surface area contributed by atoms with Gasteiger partial charge in [-0.2, -0.15) is 0 Å². The van der Waals surface area contributed by atoms with Crippen LogP contribution in [0.5, 0.6) is 0 Å². The highest BCUT2D eigenvalue weighted by Crippen LogP contribution is 2.48. The smallest absolute Gasteiger partial charge is 0.312 e. The van der Waals surface area contributed by atoms with Gasteiger partial charge >= 0.3 is 5.97 Å². The molecule has 3 unspecified atom stereocenters. The summed E-state index contributed by atoms with van der Waals surface area (Å²) in [7, 11) is 2.00. The fourth-order valence-electron chi connectivity index (χ4n) is 3.55.